The fourth-order valence-corrected chi connectivity index (χ4v) is 4.31. The average molecular weight is 448 g/mol. The number of aromatic nitrogens is 2. The molecule has 1 saturated heterocycles. The molecule has 1 aromatic carbocycles. The lowest BCUT2D eigenvalue weighted by atomic mass is 10.0. The molecule has 1 aliphatic heterocycles. The van der Waals surface area contributed by atoms with Crippen molar-refractivity contribution in [3.63, 3.8) is 0 Å². The lowest BCUT2D eigenvalue weighted by Gasteiger charge is -2.36. The summed E-state index contributed by atoms with van der Waals surface area (Å²) in [5.41, 5.74) is 9.60. The van der Waals surface area contributed by atoms with Crippen LogP contribution in [0.25, 0.3) is 16.8 Å². The maximum absolute atomic E-state index is 13.2. The molecule has 1 unspecified atom stereocenters. The number of nitrogens with two attached hydrogens (primary N) is 1. The van der Waals surface area contributed by atoms with Gasteiger partial charge in [0, 0.05) is 60.1 Å². The van der Waals surface area contributed by atoms with Crippen molar-refractivity contribution in [1.29, 1.82) is 0 Å². The number of benzene rings is 1. The third-order valence-corrected chi connectivity index (χ3v) is 6.07. The third kappa shape index (κ3) is 3.91. The van der Waals surface area contributed by atoms with Crippen molar-refractivity contribution in [2.75, 3.05) is 26.2 Å². The average Bonchev–Trinajstić information content (AvgIpc) is 3.15. The van der Waals surface area contributed by atoms with Gasteiger partial charge in [0.2, 0.25) is 0 Å². The Morgan fingerprint density at radius 2 is 1.93 bits per heavy atom. The first-order chi connectivity index (χ1) is 14.4. The SMILES string of the molecule is CC(O)N1CCN(C(=O)c2cnc3cc(CN)c(-c4ccc(Cl)cc4Cl)cn23)CC1. The van der Waals surface area contributed by atoms with Gasteiger partial charge in [0.25, 0.3) is 5.91 Å². The number of piperazine rings is 1. The van der Waals surface area contributed by atoms with E-state index in [1.807, 2.05) is 23.2 Å². The minimum absolute atomic E-state index is 0.0959. The van der Waals surface area contributed by atoms with Crippen LogP contribution in [0.1, 0.15) is 23.0 Å². The Bertz CT molecular complexity index is 1090. The molecule has 7 nitrogen and oxygen atoms in total. The molecule has 0 bridgehead atoms. The lowest BCUT2D eigenvalue weighted by molar-refractivity contribution is -0.0103. The predicted octanol–water partition coefficient (Wildman–Crippen LogP) is 2.86. The van der Waals surface area contributed by atoms with Crippen molar-refractivity contribution in [1.82, 2.24) is 19.2 Å². The van der Waals surface area contributed by atoms with Gasteiger partial charge in [-0.05, 0) is 30.7 Å². The van der Waals surface area contributed by atoms with Crippen LogP contribution in [0.2, 0.25) is 10.0 Å². The fraction of sp³-hybridized carbons (Fsp3) is 0.333. The van der Waals surface area contributed by atoms with E-state index in [0.717, 1.165) is 16.7 Å². The van der Waals surface area contributed by atoms with E-state index in [0.29, 0.717) is 54.1 Å². The maximum atomic E-state index is 13.2. The largest absolute Gasteiger partial charge is 0.379 e. The molecule has 158 valence electrons. The molecule has 0 saturated carbocycles. The summed E-state index contributed by atoms with van der Waals surface area (Å²) in [6.45, 7) is 4.40. The summed E-state index contributed by atoms with van der Waals surface area (Å²) >= 11 is 12.5. The Kier molecular flexibility index (Phi) is 5.99. The first kappa shape index (κ1) is 21.1. The molecule has 9 heteroatoms. The Labute approximate surface area is 184 Å². The van der Waals surface area contributed by atoms with Crippen LogP contribution in [0.5, 0.6) is 0 Å². The molecule has 1 fully saturated rings. The van der Waals surface area contributed by atoms with Crippen LogP contribution >= 0.6 is 23.2 Å². The molecule has 3 heterocycles. The summed E-state index contributed by atoms with van der Waals surface area (Å²) in [4.78, 5) is 21.3. The van der Waals surface area contributed by atoms with Gasteiger partial charge in [-0.15, -0.1) is 0 Å². The first-order valence-electron chi connectivity index (χ1n) is 9.76. The summed E-state index contributed by atoms with van der Waals surface area (Å²) in [6, 6.07) is 7.18. The molecule has 1 aliphatic rings. The summed E-state index contributed by atoms with van der Waals surface area (Å²) in [6.07, 6.45) is 2.94. The van der Waals surface area contributed by atoms with E-state index in [9.17, 15) is 9.90 Å². The highest BCUT2D eigenvalue weighted by molar-refractivity contribution is 6.36. The van der Waals surface area contributed by atoms with E-state index in [1.54, 1.807) is 34.6 Å². The number of nitrogens with zero attached hydrogens (tertiary/aromatic N) is 4. The van der Waals surface area contributed by atoms with Crippen molar-refractivity contribution < 1.29 is 9.90 Å². The van der Waals surface area contributed by atoms with Crippen molar-refractivity contribution in [3.05, 3.63) is 58.0 Å². The zero-order chi connectivity index (χ0) is 21.4. The van der Waals surface area contributed by atoms with Crippen LogP contribution in [0.15, 0.2) is 36.7 Å². The molecule has 30 heavy (non-hydrogen) atoms. The second-order valence-corrected chi connectivity index (χ2v) is 8.22. The molecule has 3 N–H and O–H groups in total. The van der Waals surface area contributed by atoms with Crippen LogP contribution in [0, 0.1) is 0 Å². The number of carbonyl (C=O) groups is 1. The Morgan fingerprint density at radius 3 is 2.57 bits per heavy atom. The Hall–Kier alpha value is -2.16. The maximum Gasteiger partial charge on any atom is 0.272 e. The van der Waals surface area contributed by atoms with Crippen LogP contribution in [-0.4, -0.2) is 62.6 Å². The molecule has 1 amide bonds. The van der Waals surface area contributed by atoms with Gasteiger partial charge in [0.15, 0.2) is 0 Å². The fourth-order valence-electron chi connectivity index (χ4n) is 3.80. The number of fused-ring (bicyclic) bond motifs is 1. The number of pyridine rings is 1. The number of aliphatic hydroxyl groups is 1. The highest BCUT2D eigenvalue weighted by Gasteiger charge is 2.26. The summed E-state index contributed by atoms with van der Waals surface area (Å²) < 4.78 is 1.78. The van der Waals surface area contributed by atoms with Gasteiger partial charge in [0.05, 0.1) is 6.20 Å². The molecule has 4 rings (SSSR count). The van der Waals surface area contributed by atoms with Gasteiger partial charge in [0.1, 0.15) is 17.6 Å². The molecule has 2 aromatic heterocycles. The summed E-state index contributed by atoms with van der Waals surface area (Å²) in [5.74, 6) is -0.0959. The normalized spacial score (nSPS) is 16.2. The van der Waals surface area contributed by atoms with Gasteiger partial charge in [-0.1, -0.05) is 29.3 Å². The molecule has 0 spiro atoms. The monoisotopic (exact) mass is 447 g/mol. The molecule has 0 radical (unpaired) electrons. The van der Waals surface area contributed by atoms with Crippen molar-refractivity contribution in [2.24, 2.45) is 5.73 Å². The topological polar surface area (TPSA) is 87.1 Å². The van der Waals surface area contributed by atoms with E-state index in [2.05, 4.69) is 4.98 Å². The minimum Gasteiger partial charge on any atom is -0.379 e. The van der Waals surface area contributed by atoms with Crippen molar-refractivity contribution >= 4 is 34.8 Å². The quantitative estimate of drug-likeness (QED) is 0.641. The number of hydrogen-bond acceptors (Lipinski definition) is 5. The van der Waals surface area contributed by atoms with Gasteiger partial charge >= 0.3 is 0 Å². The zero-order valence-electron chi connectivity index (χ0n) is 16.6. The number of hydrogen-bond donors (Lipinski definition) is 2. The summed E-state index contributed by atoms with van der Waals surface area (Å²) in [5, 5.41) is 10.8. The number of carbonyl (C=O) groups excluding carboxylic acids is 1. The smallest absolute Gasteiger partial charge is 0.272 e. The highest BCUT2D eigenvalue weighted by Crippen LogP contribution is 2.33. The summed E-state index contributed by atoms with van der Waals surface area (Å²) in [7, 11) is 0. The standard InChI is InChI=1S/C21H23Cl2N5O2/c1-13(29)26-4-6-27(7-5-26)21(30)19-11-25-20-8-14(10-24)17(12-28(19)20)16-3-2-15(22)9-18(16)23/h2-3,8-9,11-13,29H,4-7,10,24H2,1H3. The van der Waals surface area contributed by atoms with Crippen LogP contribution in [-0.2, 0) is 6.54 Å². The molecule has 1 atom stereocenters. The Balaban J connectivity index is 1.71. The van der Waals surface area contributed by atoms with Crippen LogP contribution < -0.4 is 5.73 Å². The van der Waals surface area contributed by atoms with E-state index in [-0.39, 0.29) is 5.91 Å². The third-order valence-electron chi connectivity index (χ3n) is 5.52. The molecule has 0 aliphatic carbocycles. The number of rotatable bonds is 4. The minimum atomic E-state index is -0.514. The number of imidazole rings is 1. The first-order valence-corrected chi connectivity index (χ1v) is 10.5. The van der Waals surface area contributed by atoms with Gasteiger partial charge < -0.3 is 15.7 Å². The molecule has 3 aromatic rings. The van der Waals surface area contributed by atoms with E-state index < -0.39 is 6.23 Å². The molecular weight excluding hydrogens is 425 g/mol. The predicted molar refractivity (Wildman–Crippen MR) is 118 cm³/mol. The van der Waals surface area contributed by atoms with E-state index in [4.69, 9.17) is 28.9 Å². The Morgan fingerprint density at radius 1 is 1.20 bits per heavy atom. The number of aliphatic hydroxyl groups excluding tert-OH is 1. The molecular formula is C21H23Cl2N5O2. The number of amides is 1. The highest BCUT2D eigenvalue weighted by atomic mass is 35.5. The zero-order valence-corrected chi connectivity index (χ0v) is 18.1. The second kappa shape index (κ2) is 8.53. The van der Waals surface area contributed by atoms with Crippen molar-refractivity contribution in [3.8, 4) is 11.1 Å². The van der Waals surface area contributed by atoms with E-state index >= 15 is 0 Å². The van der Waals surface area contributed by atoms with Crippen LogP contribution in [0.4, 0.5) is 0 Å². The van der Waals surface area contributed by atoms with Crippen LogP contribution in [0.3, 0.4) is 0 Å². The van der Waals surface area contributed by atoms with Crippen molar-refractivity contribution in [2.45, 2.75) is 19.7 Å². The van der Waals surface area contributed by atoms with Gasteiger partial charge in [-0.2, -0.15) is 0 Å². The lowest BCUT2D eigenvalue weighted by Crippen LogP contribution is -2.51. The van der Waals surface area contributed by atoms with E-state index in [1.165, 1.54) is 0 Å². The second-order valence-electron chi connectivity index (χ2n) is 7.37. The van der Waals surface area contributed by atoms with Gasteiger partial charge in [-0.25, -0.2) is 4.98 Å². The van der Waals surface area contributed by atoms with Gasteiger partial charge in [-0.3, -0.25) is 14.1 Å². The number of halogens is 2.